The number of halogens is 3. The lowest BCUT2D eigenvalue weighted by molar-refractivity contribution is -0.137. The number of benzene rings is 2. The van der Waals surface area contributed by atoms with Gasteiger partial charge in [0.15, 0.2) is 0 Å². The molecular weight excluding hydrogens is 397 g/mol. The van der Waals surface area contributed by atoms with E-state index in [1.807, 2.05) is 0 Å². The predicted octanol–water partition coefficient (Wildman–Crippen LogP) is 4.04. The molecule has 0 aliphatic heterocycles. The van der Waals surface area contributed by atoms with Gasteiger partial charge in [0.25, 0.3) is 11.8 Å². The summed E-state index contributed by atoms with van der Waals surface area (Å²) in [6, 6.07) is 11.4. The smallest absolute Gasteiger partial charge is 0.349 e. The Morgan fingerprint density at radius 1 is 0.967 bits per heavy atom. The molecule has 0 spiro atoms. The van der Waals surface area contributed by atoms with E-state index in [1.54, 1.807) is 30.3 Å². The van der Waals surface area contributed by atoms with E-state index < -0.39 is 17.6 Å². The molecule has 0 aromatic heterocycles. The lowest BCUT2D eigenvalue weighted by atomic mass is 10.00. The van der Waals surface area contributed by atoms with Gasteiger partial charge in [-0.25, -0.2) is 5.48 Å². The molecule has 2 aromatic rings. The van der Waals surface area contributed by atoms with Crippen LogP contribution in [0.5, 0.6) is 0 Å². The van der Waals surface area contributed by atoms with Crippen molar-refractivity contribution < 1.29 is 28.0 Å². The van der Waals surface area contributed by atoms with Crippen molar-refractivity contribution >= 4 is 29.5 Å². The van der Waals surface area contributed by atoms with Gasteiger partial charge in [0.1, 0.15) is 0 Å². The summed E-state index contributed by atoms with van der Waals surface area (Å²) in [5, 5.41) is 11.3. The molecule has 1 aliphatic rings. The minimum Gasteiger partial charge on any atom is -0.349 e. The van der Waals surface area contributed by atoms with Gasteiger partial charge in [0.2, 0.25) is 0 Å². The van der Waals surface area contributed by atoms with Gasteiger partial charge in [-0.3, -0.25) is 14.8 Å². The Labute approximate surface area is 170 Å². The Balaban J connectivity index is 1.88. The average molecular weight is 416 g/mol. The molecule has 0 bridgehead atoms. The highest BCUT2D eigenvalue weighted by molar-refractivity contribution is 6.24. The van der Waals surface area contributed by atoms with Crippen LogP contribution >= 0.6 is 0 Å². The summed E-state index contributed by atoms with van der Waals surface area (Å²) in [7, 11) is 0. The fraction of sp³-hybridized carbons (Fsp3) is 0.182. The number of hydrogen-bond acceptors (Lipinski definition) is 3. The van der Waals surface area contributed by atoms with Gasteiger partial charge in [0, 0.05) is 17.7 Å². The van der Waals surface area contributed by atoms with Crippen LogP contribution in [-0.2, 0) is 15.8 Å². The third-order valence-corrected chi connectivity index (χ3v) is 4.47. The van der Waals surface area contributed by atoms with Crippen molar-refractivity contribution in [1.29, 1.82) is 0 Å². The Kier molecular flexibility index (Phi) is 6.37. The number of hydroxylamine groups is 1. The normalized spacial score (nSPS) is 14.6. The number of amides is 2. The van der Waals surface area contributed by atoms with Gasteiger partial charge in [0.05, 0.1) is 5.56 Å². The van der Waals surface area contributed by atoms with E-state index in [0.717, 1.165) is 31.1 Å². The molecular formula is C22H19F3N2O3. The van der Waals surface area contributed by atoms with Gasteiger partial charge < -0.3 is 5.32 Å². The van der Waals surface area contributed by atoms with Crippen molar-refractivity contribution in [2.24, 2.45) is 0 Å². The maximum Gasteiger partial charge on any atom is 0.416 e. The van der Waals surface area contributed by atoms with Gasteiger partial charge >= 0.3 is 6.18 Å². The summed E-state index contributed by atoms with van der Waals surface area (Å²) >= 11 is 0. The first-order valence-electron chi connectivity index (χ1n) is 9.18. The Bertz CT molecular complexity index is 974. The van der Waals surface area contributed by atoms with Gasteiger partial charge in [-0.1, -0.05) is 36.4 Å². The molecule has 0 saturated heterocycles. The SMILES string of the molecule is O=C(/C=C/c1ccc(/C=C(\C(=O)NC2CC2)c2ccc(C(F)(F)F)cc2)cc1)NO. The van der Waals surface area contributed by atoms with Crippen LogP contribution in [-0.4, -0.2) is 23.1 Å². The molecule has 0 radical (unpaired) electrons. The maximum absolute atomic E-state index is 12.8. The van der Waals surface area contributed by atoms with E-state index in [1.165, 1.54) is 23.7 Å². The topological polar surface area (TPSA) is 78.4 Å². The second-order valence-corrected chi connectivity index (χ2v) is 6.86. The summed E-state index contributed by atoms with van der Waals surface area (Å²) in [6.45, 7) is 0. The summed E-state index contributed by atoms with van der Waals surface area (Å²) in [5.41, 5.74) is 2.70. The Morgan fingerprint density at radius 3 is 2.10 bits per heavy atom. The zero-order valence-electron chi connectivity index (χ0n) is 15.7. The van der Waals surface area contributed by atoms with Crippen LogP contribution in [0.2, 0.25) is 0 Å². The first-order chi connectivity index (χ1) is 14.3. The predicted molar refractivity (Wildman–Crippen MR) is 106 cm³/mol. The Morgan fingerprint density at radius 2 is 1.57 bits per heavy atom. The molecule has 0 atom stereocenters. The molecule has 1 saturated carbocycles. The highest BCUT2D eigenvalue weighted by atomic mass is 19.4. The number of nitrogens with one attached hydrogen (secondary N) is 2. The van der Waals surface area contributed by atoms with Crippen molar-refractivity contribution in [3.05, 3.63) is 76.9 Å². The van der Waals surface area contributed by atoms with Crippen LogP contribution in [0.25, 0.3) is 17.7 Å². The van der Waals surface area contributed by atoms with Gasteiger partial charge in [-0.2, -0.15) is 13.2 Å². The maximum atomic E-state index is 12.8. The van der Waals surface area contributed by atoms with Crippen molar-refractivity contribution in [2.45, 2.75) is 25.1 Å². The van der Waals surface area contributed by atoms with E-state index in [9.17, 15) is 22.8 Å². The third kappa shape index (κ3) is 5.81. The number of alkyl halides is 3. The van der Waals surface area contributed by atoms with Crippen molar-refractivity contribution in [1.82, 2.24) is 10.8 Å². The first kappa shape index (κ1) is 21.3. The number of carbonyl (C=O) groups is 2. The third-order valence-electron chi connectivity index (χ3n) is 4.47. The minimum atomic E-state index is -4.45. The molecule has 30 heavy (non-hydrogen) atoms. The second-order valence-electron chi connectivity index (χ2n) is 6.86. The molecule has 0 unspecified atom stereocenters. The van der Waals surface area contributed by atoms with E-state index in [0.29, 0.717) is 16.7 Å². The highest BCUT2D eigenvalue weighted by Crippen LogP contribution is 2.31. The van der Waals surface area contributed by atoms with Crippen LogP contribution in [0.1, 0.15) is 35.1 Å². The van der Waals surface area contributed by atoms with Crippen LogP contribution < -0.4 is 10.8 Å². The highest BCUT2D eigenvalue weighted by Gasteiger charge is 2.30. The van der Waals surface area contributed by atoms with E-state index in [2.05, 4.69) is 5.32 Å². The van der Waals surface area contributed by atoms with Gasteiger partial charge in [-0.05, 0) is 53.8 Å². The first-order valence-corrected chi connectivity index (χ1v) is 9.18. The van der Waals surface area contributed by atoms with Crippen LogP contribution in [0.4, 0.5) is 13.2 Å². The van der Waals surface area contributed by atoms with Crippen LogP contribution in [0.15, 0.2) is 54.6 Å². The molecule has 5 nitrogen and oxygen atoms in total. The van der Waals surface area contributed by atoms with Crippen LogP contribution in [0.3, 0.4) is 0 Å². The standard InChI is InChI=1S/C22H19F3N2O3/c23-22(24,25)17-8-6-16(7-9-17)19(21(29)26-18-10-11-18)13-15-3-1-14(2-4-15)5-12-20(28)27-30/h1-9,12-13,18,30H,10-11H2,(H,26,29)(H,27,28)/b12-5+,19-13-. The molecule has 1 fully saturated rings. The molecule has 2 aromatic carbocycles. The van der Waals surface area contributed by atoms with E-state index >= 15 is 0 Å². The zero-order valence-corrected chi connectivity index (χ0v) is 15.7. The quantitative estimate of drug-likeness (QED) is 0.288. The Hall–Kier alpha value is -3.39. The monoisotopic (exact) mass is 416 g/mol. The van der Waals surface area contributed by atoms with Crippen LogP contribution in [0, 0.1) is 0 Å². The molecule has 156 valence electrons. The largest absolute Gasteiger partial charge is 0.416 e. The summed E-state index contributed by atoms with van der Waals surface area (Å²) in [5.74, 6) is -1.01. The average Bonchev–Trinajstić information content (AvgIpc) is 3.54. The number of rotatable bonds is 6. The summed E-state index contributed by atoms with van der Waals surface area (Å²) in [6.07, 6.45) is 1.57. The second kappa shape index (κ2) is 8.96. The minimum absolute atomic E-state index is 0.0977. The zero-order chi connectivity index (χ0) is 21.7. The summed E-state index contributed by atoms with van der Waals surface area (Å²) in [4.78, 5) is 23.7. The molecule has 1 aliphatic carbocycles. The molecule has 8 heteroatoms. The number of hydrogen-bond donors (Lipinski definition) is 3. The van der Waals surface area contributed by atoms with Crippen molar-refractivity contribution in [2.75, 3.05) is 0 Å². The number of carbonyl (C=O) groups excluding carboxylic acids is 2. The molecule has 3 N–H and O–H groups in total. The summed E-state index contributed by atoms with van der Waals surface area (Å²) < 4.78 is 38.5. The van der Waals surface area contributed by atoms with Crippen molar-refractivity contribution in [3.8, 4) is 0 Å². The van der Waals surface area contributed by atoms with Gasteiger partial charge in [-0.15, -0.1) is 0 Å². The fourth-order valence-corrected chi connectivity index (χ4v) is 2.69. The lowest BCUT2D eigenvalue weighted by Gasteiger charge is -2.11. The van der Waals surface area contributed by atoms with Crippen molar-refractivity contribution in [3.63, 3.8) is 0 Å². The fourth-order valence-electron chi connectivity index (χ4n) is 2.69. The molecule has 2 amide bonds. The van der Waals surface area contributed by atoms with E-state index in [-0.39, 0.29) is 17.5 Å². The lowest BCUT2D eigenvalue weighted by Crippen LogP contribution is -2.26. The molecule has 3 rings (SSSR count). The van der Waals surface area contributed by atoms with E-state index in [4.69, 9.17) is 5.21 Å². The molecule has 0 heterocycles.